The molecule has 0 atom stereocenters. The second kappa shape index (κ2) is 10.8. The van der Waals surface area contributed by atoms with Crippen molar-refractivity contribution in [3.63, 3.8) is 0 Å². The van der Waals surface area contributed by atoms with Crippen molar-refractivity contribution in [3.8, 4) is 22.9 Å². The number of benzene rings is 8. The zero-order valence-electron chi connectivity index (χ0n) is 28.4. The summed E-state index contributed by atoms with van der Waals surface area (Å²) in [5, 5.41) is 10.9. The molecule has 0 saturated carbocycles. The maximum absolute atomic E-state index is 5.57. The summed E-state index contributed by atoms with van der Waals surface area (Å²) >= 11 is 1.86. The summed E-state index contributed by atoms with van der Waals surface area (Å²) in [6.45, 7) is 0. The number of rotatable bonds is 3. The Labute approximate surface area is 307 Å². The molecule has 0 aliphatic heterocycles. The fourth-order valence-electron chi connectivity index (χ4n) is 8.62. The fourth-order valence-corrected chi connectivity index (χ4v) is 9.89. The normalized spacial score (nSPS) is 12.2. The molecular weight excluding hydrogens is 665 g/mol. The van der Waals surface area contributed by atoms with E-state index in [-0.39, 0.29) is 0 Å². The largest absolute Gasteiger partial charge is 0.309 e. The first-order chi connectivity index (χ1) is 26.3. The first kappa shape index (κ1) is 28.8. The highest BCUT2D eigenvalue weighted by molar-refractivity contribution is 7.26. The minimum atomic E-state index is 0.661. The summed E-state index contributed by atoms with van der Waals surface area (Å²) in [4.78, 5) is 10.9. The van der Waals surface area contributed by atoms with Gasteiger partial charge in [-0.1, -0.05) is 121 Å². The van der Waals surface area contributed by atoms with Crippen LogP contribution < -0.4 is 0 Å². The van der Waals surface area contributed by atoms with Crippen LogP contribution >= 0.6 is 11.3 Å². The minimum absolute atomic E-state index is 0.661. The van der Waals surface area contributed by atoms with Crippen LogP contribution in [0.15, 0.2) is 170 Å². The van der Waals surface area contributed by atoms with Crippen LogP contribution in [0.2, 0.25) is 0 Å². The molecule has 0 saturated heterocycles. The zero-order chi connectivity index (χ0) is 34.6. The summed E-state index contributed by atoms with van der Waals surface area (Å²) in [5.74, 6) is 0.661. The topological polar surface area (TPSA) is 35.6 Å². The van der Waals surface area contributed by atoms with Crippen molar-refractivity contribution in [2.75, 3.05) is 0 Å². The number of thiophene rings is 1. The Morgan fingerprint density at radius 1 is 0.415 bits per heavy atom. The van der Waals surface area contributed by atoms with Crippen molar-refractivity contribution in [1.82, 2.24) is 19.1 Å². The van der Waals surface area contributed by atoms with E-state index in [2.05, 4.69) is 179 Å². The highest BCUT2D eigenvalue weighted by atomic mass is 32.1. The minimum Gasteiger partial charge on any atom is -0.309 e. The number of aromatic nitrogens is 4. The third kappa shape index (κ3) is 4.05. The standard InChI is InChI=1S/C48H28N4S/c1-2-14-30(15-3-1)51-40-22-10-7-17-32(40)37-27-38-33-18-8-11-23-41(33)52(43(38)28-42(37)51)48-49-39-21-9-6-19-34(39)46(50-48)35-20-12-24-44-45(35)36-26-25-29-13-4-5-16-31(29)47(36)53-44/h1-28H. The van der Waals surface area contributed by atoms with Crippen LogP contribution in [0.3, 0.4) is 0 Å². The summed E-state index contributed by atoms with van der Waals surface area (Å²) < 4.78 is 7.22. The van der Waals surface area contributed by atoms with Gasteiger partial charge in [0.1, 0.15) is 0 Å². The van der Waals surface area contributed by atoms with E-state index in [0.29, 0.717) is 5.95 Å². The third-order valence-corrected chi connectivity index (χ3v) is 12.1. The van der Waals surface area contributed by atoms with Crippen LogP contribution in [0.5, 0.6) is 0 Å². The quantitative estimate of drug-likeness (QED) is 0.185. The van der Waals surface area contributed by atoms with Gasteiger partial charge in [0, 0.05) is 58.4 Å². The molecule has 0 radical (unpaired) electrons. The lowest BCUT2D eigenvalue weighted by Crippen LogP contribution is -2.03. The van der Waals surface area contributed by atoms with Gasteiger partial charge in [0.2, 0.25) is 5.95 Å². The molecule has 0 aliphatic carbocycles. The van der Waals surface area contributed by atoms with E-state index in [9.17, 15) is 0 Å². The van der Waals surface area contributed by atoms with Gasteiger partial charge in [-0.2, -0.15) is 0 Å². The van der Waals surface area contributed by atoms with E-state index in [4.69, 9.17) is 9.97 Å². The van der Waals surface area contributed by atoms with Crippen LogP contribution in [0.25, 0.3) is 108 Å². The molecule has 0 bridgehead atoms. The Balaban J connectivity index is 1.19. The molecule has 0 unspecified atom stereocenters. The highest BCUT2D eigenvalue weighted by Gasteiger charge is 2.22. The highest BCUT2D eigenvalue weighted by Crippen LogP contribution is 2.44. The molecule has 4 heterocycles. The first-order valence-corrected chi connectivity index (χ1v) is 18.7. The van der Waals surface area contributed by atoms with E-state index < -0.39 is 0 Å². The van der Waals surface area contributed by atoms with Gasteiger partial charge in [0.05, 0.1) is 33.3 Å². The number of fused-ring (bicyclic) bond motifs is 12. The molecule has 53 heavy (non-hydrogen) atoms. The van der Waals surface area contributed by atoms with Crippen LogP contribution in [0.4, 0.5) is 0 Å². The molecule has 0 spiro atoms. The monoisotopic (exact) mass is 692 g/mol. The molecule has 4 nitrogen and oxygen atoms in total. The van der Waals surface area contributed by atoms with Crippen LogP contribution in [0.1, 0.15) is 0 Å². The van der Waals surface area contributed by atoms with Crippen molar-refractivity contribution in [1.29, 1.82) is 0 Å². The molecule has 0 N–H and O–H groups in total. The maximum Gasteiger partial charge on any atom is 0.235 e. The lowest BCUT2D eigenvalue weighted by molar-refractivity contribution is 1.01. The summed E-state index contributed by atoms with van der Waals surface area (Å²) in [7, 11) is 0. The van der Waals surface area contributed by atoms with Crippen molar-refractivity contribution >= 4 is 96.8 Å². The predicted octanol–water partition coefficient (Wildman–Crippen LogP) is 13.0. The van der Waals surface area contributed by atoms with Gasteiger partial charge >= 0.3 is 0 Å². The van der Waals surface area contributed by atoms with Gasteiger partial charge in [0.25, 0.3) is 0 Å². The zero-order valence-corrected chi connectivity index (χ0v) is 29.2. The second-order valence-electron chi connectivity index (χ2n) is 13.8. The number of nitrogens with zero attached hydrogens (tertiary/aromatic N) is 4. The Kier molecular flexibility index (Phi) is 5.90. The van der Waals surface area contributed by atoms with E-state index >= 15 is 0 Å². The fraction of sp³-hybridized carbons (Fsp3) is 0. The van der Waals surface area contributed by atoms with Crippen molar-refractivity contribution in [2.45, 2.75) is 0 Å². The van der Waals surface area contributed by atoms with E-state index in [1.165, 1.54) is 58.0 Å². The summed E-state index contributed by atoms with van der Waals surface area (Å²) in [6.07, 6.45) is 0. The van der Waals surface area contributed by atoms with Crippen molar-refractivity contribution in [3.05, 3.63) is 170 Å². The van der Waals surface area contributed by atoms with E-state index in [0.717, 1.165) is 44.4 Å². The summed E-state index contributed by atoms with van der Waals surface area (Å²) in [6, 6.07) is 61.0. The van der Waals surface area contributed by atoms with Crippen LogP contribution in [0, 0.1) is 0 Å². The van der Waals surface area contributed by atoms with Gasteiger partial charge in [-0.25, -0.2) is 9.97 Å². The molecule has 5 heteroatoms. The second-order valence-corrected chi connectivity index (χ2v) is 14.8. The lowest BCUT2D eigenvalue weighted by Gasteiger charge is -2.13. The van der Waals surface area contributed by atoms with Crippen LogP contribution in [-0.2, 0) is 0 Å². The molecule has 12 aromatic rings. The number of para-hydroxylation sites is 4. The molecule has 0 fully saturated rings. The first-order valence-electron chi connectivity index (χ1n) is 17.9. The lowest BCUT2D eigenvalue weighted by atomic mass is 9.99. The number of hydrogen-bond acceptors (Lipinski definition) is 3. The molecule has 0 aliphatic rings. The van der Waals surface area contributed by atoms with Gasteiger partial charge in [-0.3, -0.25) is 4.57 Å². The molecule has 0 amide bonds. The average Bonchev–Trinajstić information content (AvgIpc) is 3.87. The van der Waals surface area contributed by atoms with E-state index in [1.807, 2.05) is 11.3 Å². The Morgan fingerprint density at radius 3 is 1.89 bits per heavy atom. The Morgan fingerprint density at radius 2 is 1.08 bits per heavy atom. The Hall–Kier alpha value is -6.82. The van der Waals surface area contributed by atoms with Gasteiger partial charge < -0.3 is 4.57 Å². The average molecular weight is 693 g/mol. The molecule has 4 aromatic heterocycles. The molecular formula is C48H28N4S. The molecule has 8 aromatic carbocycles. The third-order valence-electron chi connectivity index (χ3n) is 10.9. The smallest absolute Gasteiger partial charge is 0.235 e. The summed E-state index contributed by atoms with van der Waals surface area (Å²) in [5.41, 5.74) is 8.60. The van der Waals surface area contributed by atoms with Crippen molar-refractivity contribution < 1.29 is 0 Å². The number of hydrogen-bond donors (Lipinski definition) is 0. The molecule has 246 valence electrons. The van der Waals surface area contributed by atoms with Gasteiger partial charge in [0.15, 0.2) is 0 Å². The molecule has 12 rings (SSSR count). The van der Waals surface area contributed by atoms with Gasteiger partial charge in [-0.15, -0.1) is 11.3 Å². The predicted molar refractivity (Wildman–Crippen MR) is 224 cm³/mol. The SMILES string of the molecule is c1ccc(-n2c3ccccc3c3cc4c5ccccc5n(-c5nc(-c6cccc7sc8c9ccccc9ccc8c67)c6ccccc6n5)c4cc32)cc1. The van der Waals surface area contributed by atoms with Crippen LogP contribution in [-0.4, -0.2) is 19.1 Å². The van der Waals surface area contributed by atoms with E-state index in [1.54, 1.807) is 0 Å². The maximum atomic E-state index is 5.57. The van der Waals surface area contributed by atoms with Crippen molar-refractivity contribution in [2.24, 2.45) is 0 Å². The Bertz CT molecular complexity index is 3460. The van der Waals surface area contributed by atoms with Gasteiger partial charge in [-0.05, 0) is 59.3 Å².